The van der Waals surface area contributed by atoms with E-state index in [1.807, 2.05) is 12.1 Å². The lowest BCUT2D eigenvalue weighted by Crippen LogP contribution is -2.32. The number of ketones is 1. The number of nitrogens with one attached hydrogen (secondary N) is 2. The summed E-state index contributed by atoms with van der Waals surface area (Å²) in [6, 6.07) is 13.7. The predicted octanol–water partition coefficient (Wildman–Crippen LogP) is 3.10. The Labute approximate surface area is 175 Å². The lowest BCUT2D eigenvalue weighted by molar-refractivity contribution is -0.146. The molecule has 2 amide bonds. The van der Waals surface area contributed by atoms with Crippen molar-refractivity contribution >= 4 is 29.3 Å². The number of benzene rings is 2. The van der Waals surface area contributed by atoms with E-state index in [-0.39, 0.29) is 17.7 Å². The average Bonchev–Trinajstić information content (AvgIpc) is 2.70. The van der Waals surface area contributed by atoms with Gasteiger partial charge in [-0.15, -0.1) is 0 Å². The van der Waals surface area contributed by atoms with Gasteiger partial charge in [-0.05, 0) is 42.2 Å². The molecule has 0 saturated heterocycles. The van der Waals surface area contributed by atoms with Gasteiger partial charge in [0.15, 0.2) is 12.4 Å². The maximum atomic E-state index is 12.2. The third-order valence-electron chi connectivity index (χ3n) is 4.35. The standard InChI is InChI=1S/C23H26N2O5/c1-15(26)18-7-5-6-8-19(18)25-20(27)14-30-21(28)13-24-22(29)16-9-11-17(12-10-16)23(2,3)4/h5-12H,13-14H2,1-4H3,(H,24,29)(H,25,27). The van der Waals surface area contributed by atoms with Gasteiger partial charge in [-0.2, -0.15) is 0 Å². The summed E-state index contributed by atoms with van der Waals surface area (Å²) >= 11 is 0. The zero-order valence-corrected chi connectivity index (χ0v) is 17.6. The van der Waals surface area contributed by atoms with Crippen LogP contribution >= 0.6 is 0 Å². The summed E-state index contributed by atoms with van der Waals surface area (Å²) in [5, 5.41) is 5.00. The molecule has 2 rings (SSSR count). The van der Waals surface area contributed by atoms with Crippen LogP contribution in [0.3, 0.4) is 0 Å². The predicted molar refractivity (Wildman–Crippen MR) is 114 cm³/mol. The summed E-state index contributed by atoms with van der Waals surface area (Å²) in [6.07, 6.45) is 0. The maximum Gasteiger partial charge on any atom is 0.325 e. The van der Waals surface area contributed by atoms with Crippen LogP contribution in [0.1, 0.15) is 54.0 Å². The first-order chi connectivity index (χ1) is 14.1. The van der Waals surface area contributed by atoms with Crippen molar-refractivity contribution < 1.29 is 23.9 Å². The minimum atomic E-state index is -0.746. The summed E-state index contributed by atoms with van der Waals surface area (Å²) in [6.45, 7) is 6.73. The van der Waals surface area contributed by atoms with Crippen molar-refractivity contribution in [1.82, 2.24) is 5.32 Å². The van der Waals surface area contributed by atoms with E-state index in [0.717, 1.165) is 5.56 Å². The smallest absolute Gasteiger partial charge is 0.325 e. The number of hydrogen-bond acceptors (Lipinski definition) is 5. The first-order valence-electron chi connectivity index (χ1n) is 9.52. The number of para-hydroxylation sites is 1. The number of ether oxygens (including phenoxy) is 1. The number of carbonyl (C=O) groups excluding carboxylic acids is 4. The Bertz CT molecular complexity index is 943. The van der Waals surface area contributed by atoms with Crippen molar-refractivity contribution in [3.8, 4) is 0 Å². The Morgan fingerprint density at radius 2 is 1.57 bits per heavy atom. The summed E-state index contributed by atoms with van der Waals surface area (Å²) in [4.78, 5) is 47.5. The van der Waals surface area contributed by atoms with Gasteiger partial charge in [-0.1, -0.05) is 45.0 Å². The fourth-order valence-corrected chi connectivity index (χ4v) is 2.66. The molecule has 0 aliphatic carbocycles. The fourth-order valence-electron chi connectivity index (χ4n) is 2.66. The highest BCUT2D eigenvalue weighted by atomic mass is 16.5. The minimum Gasteiger partial charge on any atom is -0.454 e. The van der Waals surface area contributed by atoms with E-state index in [2.05, 4.69) is 31.4 Å². The van der Waals surface area contributed by atoms with E-state index in [0.29, 0.717) is 16.8 Å². The molecule has 0 aromatic heterocycles. The van der Waals surface area contributed by atoms with Gasteiger partial charge in [0, 0.05) is 11.1 Å². The van der Waals surface area contributed by atoms with E-state index in [9.17, 15) is 19.2 Å². The molecule has 7 nitrogen and oxygen atoms in total. The van der Waals surface area contributed by atoms with Crippen molar-refractivity contribution in [2.75, 3.05) is 18.5 Å². The molecule has 7 heteroatoms. The van der Waals surface area contributed by atoms with Crippen LogP contribution in [-0.2, 0) is 19.7 Å². The van der Waals surface area contributed by atoms with Gasteiger partial charge in [0.1, 0.15) is 6.54 Å². The molecule has 0 fully saturated rings. The van der Waals surface area contributed by atoms with Crippen LogP contribution in [0.2, 0.25) is 0 Å². The summed E-state index contributed by atoms with van der Waals surface area (Å²) < 4.78 is 4.88. The Morgan fingerprint density at radius 3 is 2.17 bits per heavy atom. The SMILES string of the molecule is CC(=O)c1ccccc1NC(=O)COC(=O)CNC(=O)c1ccc(C(C)(C)C)cc1. The van der Waals surface area contributed by atoms with Crippen molar-refractivity contribution in [2.45, 2.75) is 33.1 Å². The Balaban J connectivity index is 1.80. The molecule has 0 radical (unpaired) electrons. The molecule has 2 aromatic carbocycles. The number of carbonyl (C=O) groups is 4. The van der Waals surface area contributed by atoms with Gasteiger partial charge in [0.25, 0.3) is 11.8 Å². The van der Waals surface area contributed by atoms with Gasteiger partial charge >= 0.3 is 5.97 Å². The monoisotopic (exact) mass is 410 g/mol. The van der Waals surface area contributed by atoms with Crippen molar-refractivity contribution in [1.29, 1.82) is 0 Å². The summed E-state index contributed by atoms with van der Waals surface area (Å²) in [7, 11) is 0. The molecule has 2 aromatic rings. The second kappa shape index (κ2) is 9.82. The number of rotatable bonds is 7. The summed E-state index contributed by atoms with van der Waals surface area (Å²) in [5.41, 5.74) is 2.20. The Kier molecular flexibility index (Phi) is 7.47. The van der Waals surface area contributed by atoms with Crippen molar-refractivity contribution in [2.24, 2.45) is 0 Å². The maximum absolute atomic E-state index is 12.2. The van der Waals surface area contributed by atoms with E-state index >= 15 is 0 Å². The Hall–Kier alpha value is -3.48. The quantitative estimate of drug-likeness (QED) is 0.539. The second-order valence-corrected chi connectivity index (χ2v) is 7.82. The zero-order valence-electron chi connectivity index (χ0n) is 17.6. The normalized spacial score (nSPS) is 10.8. The van der Waals surface area contributed by atoms with Crippen LogP contribution in [0.25, 0.3) is 0 Å². The van der Waals surface area contributed by atoms with Crippen LogP contribution in [0.4, 0.5) is 5.69 Å². The number of esters is 1. The molecular formula is C23H26N2O5. The van der Waals surface area contributed by atoms with Crippen molar-refractivity contribution in [3.63, 3.8) is 0 Å². The highest BCUT2D eigenvalue weighted by Gasteiger charge is 2.15. The largest absolute Gasteiger partial charge is 0.454 e. The zero-order chi connectivity index (χ0) is 22.3. The Morgan fingerprint density at radius 1 is 0.933 bits per heavy atom. The van der Waals surface area contributed by atoms with Gasteiger partial charge in [0.05, 0.1) is 5.69 Å². The molecule has 0 unspecified atom stereocenters. The first-order valence-corrected chi connectivity index (χ1v) is 9.52. The van der Waals surface area contributed by atoms with Crippen molar-refractivity contribution in [3.05, 3.63) is 65.2 Å². The highest BCUT2D eigenvalue weighted by molar-refractivity contribution is 6.04. The summed E-state index contributed by atoms with van der Waals surface area (Å²) in [5.74, 6) is -1.93. The van der Waals surface area contributed by atoms with E-state index < -0.39 is 24.4 Å². The topological polar surface area (TPSA) is 102 Å². The molecule has 0 saturated carbocycles. The van der Waals surface area contributed by atoms with Gasteiger partial charge in [0.2, 0.25) is 0 Å². The van der Waals surface area contributed by atoms with E-state index in [1.54, 1.807) is 36.4 Å². The number of anilines is 1. The van der Waals surface area contributed by atoms with E-state index in [4.69, 9.17) is 4.74 Å². The number of hydrogen-bond donors (Lipinski definition) is 2. The molecular weight excluding hydrogens is 384 g/mol. The highest BCUT2D eigenvalue weighted by Crippen LogP contribution is 2.22. The number of amides is 2. The van der Waals surface area contributed by atoms with Crippen LogP contribution in [-0.4, -0.2) is 36.7 Å². The second-order valence-electron chi connectivity index (χ2n) is 7.82. The van der Waals surface area contributed by atoms with Crippen LogP contribution in [0.5, 0.6) is 0 Å². The molecule has 0 atom stereocenters. The van der Waals surface area contributed by atoms with Gasteiger partial charge < -0.3 is 15.4 Å². The lowest BCUT2D eigenvalue weighted by atomic mass is 9.87. The fraction of sp³-hybridized carbons (Fsp3) is 0.304. The molecule has 0 aliphatic rings. The average molecular weight is 410 g/mol. The molecule has 0 aliphatic heterocycles. The molecule has 0 bridgehead atoms. The molecule has 0 heterocycles. The molecule has 158 valence electrons. The lowest BCUT2D eigenvalue weighted by Gasteiger charge is -2.19. The first kappa shape index (κ1) is 22.8. The van der Waals surface area contributed by atoms with Gasteiger partial charge in [-0.3, -0.25) is 19.2 Å². The third-order valence-corrected chi connectivity index (χ3v) is 4.35. The van der Waals surface area contributed by atoms with E-state index in [1.165, 1.54) is 6.92 Å². The molecule has 2 N–H and O–H groups in total. The molecule has 30 heavy (non-hydrogen) atoms. The molecule has 0 spiro atoms. The van der Waals surface area contributed by atoms with Gasteiger partial charge in [-0.25, -0.2) is 0 Å². The van der Waals surface area contributed by atoms with Crippen LogP contribution in [0, 0.1) is 0 Å². The van der Waals surface area contributed by atoms with Crippen LogP contribution < -0.4 is 10.6 Å². The van der Waals surface area contributed by atoms with Crippen LogP contribution in [0.15, 0.2) is 48.5 Å². The third kappa shape index (κ3) is 6.55. The number of Topliss-reactive ketones (excluding diaryl/α,β-unsaturated/α-hetero) is 1. The minimum absolute atomic E-state index is 0.0235.